The Kier molecular flexibility index (Phi) is 5.04. The van der Waals surface area contributed by atoms with Crippen LogP contribution in [0.4, 0.5) is 4.39 Å². The van der Waals surface area contributed by atoms with E-state index in [2.05, 4.69) is 0 Å². The first kappa shape index (κ1) is 17.4. The zero-order valence-corrected chi connectivity index (χ0v) is 14.2. The van der Waals surface area contributed by atoms with Crippen molar-refractivity contribution in [3.63, 3.8) is 0 Å². The number of hydrogen-bond acceptors (Lipinski definition) is 2. The number of halogens is 2. The molecule has 1 N–H and O–H groups in total. The lowest BCUT2D eigenvalue weighted by Crippen LogP contribution is -2.39. The number of carboxylic acids is 1. The van der Waals surface area contributed by atoms with Gasteiger partial charge in [0.15, 0.2) is 0 Å². The Morgan fingerprint density at radius 3 is 2.68 bits per heavy atom. The second kappa shape index (κ2) is 7.23. The van der Waals surface area contributed by atoms with Crippen molar-refractivity contribution >= 4 is 23.5 Å². The molecule has 0 bridgehead atoms. The maximum Gasteiger partial charge on any atom is 0.335 e. The molecule has 0 spiro atoms. The predicted octanol–water partition coefficient (Wildman–Crippen LogP) is 4.20. The van der Waals surface area contributed by atoms with E-state index in [4.69, 9.17) is 16.7 Å². The van der Waals surface area contributed by atoms with Gasteiger partial charge in [0.25, 0.3) is 5.91 Å². The first-order chi connectivity index (χ1) is 12.0. The number of benzene rings is 2. The smallest absolute Gasteiger partial charge is 0.335 e. The van der Waals surface area contributed by atoms with E-state index < -0.39 is 17.7 Å². The molecule has 1 amide bonds. The van der Waals surface area contributed by atoms with Crippen molar-refractivity contribution in [2.45, 2.75) is 18.8 Å². The Bertz CT molecular complexity index is 804. The fourth-order valence-corrected chi connectivity index (χ4v) is 3.46. The zero-order valence-electron chi connectivity index (χ0n) is 13.4. The van der Waals surface area contributed by atoms with Crippen LogP contribution in [-0.4, -0.2) is 35.0 Å². The van der Waals surface area contributed by atoms with Gasteiger partial charge in [-0.15, -0.1) is 0 Å². The predicted molar refractivity (Wildman–Crippen MR) is 92.7 cm³/mol. The summed E-state index contributed by atoms with van der Waals surface area (Å²) < 4.78 is 14.0. The topological polar surface area (TPSA) is 57.6 Å². The molecule has 25 heavy (non-hydrogen) atoms. The SMILES string of the molecule is O=C(O)c1cccc(C2CCCN(C(=O)c3c(F)cccc3Cl)C2)c1. The van der Waals surface area contributed by atoms with Gasteiger partial charge in [-0.1, -0.05) is 29.8 Å². The Morgan fingerprint density at radius 1 is 1.20 bits per heavy atom. The third kappa shape index (κ3) is 3.66. The fourth-order valence-electron chi connectivity index (χ4n) is 3.22. The highest BCUT2D eigenvalue weighted by Crippen LogP contribution is 2.30. The van der Waals surface area contributed by atoms with Gasteiger partial charge in [-0.3, -0.25) is 4.79 Å². The Labute approximate surface area is 149 Å². The zero-order chi connectivity index (χ0) is 18.0. The summed E-state index contributed by atoms with van der Waals surface area (Å²) in [6, 6.07) is 10.9. The lowest BCUT2D eigenvalue weighted by Gasteiger charge is -2.33. The molecule has 1 atom stereocenters. The summed E-state index contributed by atoms with van der Waals surface area (Å²) in [6.45, 7) is 0.936. The third-order valence-electron chi connectivity index (χ3n) is 4.49. The fraction of sp³-hybridized carbons (Fsp3) is 0.263. The average Bonchev–Trinajstić information content (AvgIpc) is 2.61. The summed E-state index contributed by atoms with van der Waals surface area (Å²) in [4.78, 5) is 25.4. The lowest BCUT2D eigenvalue weighted by molar-refractivity contribution is 0.0686. The van der Waals surface area contributed by atoms with Crippen LogP contribution in [-0.2, 0) is 0 Å². The second-order valence-corrected chi connectivity index (χ2v) is 6.52. The number of piperidine rings is 1. The number of carbonyl (C=O) groups is 2. The molecule has 0 radical (unpaired) electrons. The summed E-state index contributed by atoms with van der Waals surface area (Å²) in [5.74, 6) is -2.03. The van der Waals surface area contributed by atoms with Crippen LogP contribution < -0.4 is 0 Å². The van der Waals surface area contributed by atoms with Crippen molar-refractivity contribution in [2.24, 2.45) is 0 Å². The van der Waals surface area contributed by atoms with Crippen LogP contribution in [0.5, 0.6) is 0 Å². The summed E-state index contributed by atoms with van der Waals surface area (Å²) in [7, 11) is 0. The molecular formula is C19H17ClFNO3. The number of carbonyl (C=O) groups excluding carboxylic acids is 1. The molecule has 1 aliphatic rings. The average molecular weight is 362 g/mol. The Hall–Kier alpha value is -2.40. The maximum atomic E-state index is 14.0. The molecule has 1 fully saturated rings. The molecule has 2 aromatic carbocycles. The van der Waals surface area contributed by atoms with E-state index in [1.54, 1.807) is 17.0 Å². The number of aromatic carboxylic acids is 1. The molecule has 6 heteroatoms. The van der Waals surface area contributed by atoms with Crippen molar-refractivity contribution in [2.75, 3.05) is 13.1 Å². The molecule has 1 unspecified atom stereocenters. The number of carboxylic acid groups (broad SMARTS) is 1. The number of nitrogens with zero attached hydrogens (tertiary/aromatic N) is 1. The van der Waals surface area contributed by atoms with E-state index in [1.807, 2.05) is 6.07 Å². The maximum absolute atomic E-state index is 14.0. The van der Waals surface area contributed by atoms with Crippen LogP contribution in [0.2, 0.25) is 5.02 Å². The van der Waals surface area contributed by atoms with Crippen LogP contribution in [0.25, 0.3) is 0 Å². The summed E-state index contributed by atoms with van der Waals surface area (Å²) in [5, 5.41) is 9.23. The van der Waals surface area contributed by atoms with E-state index in [0.717, 1.165) is 18.4 Å². The van der Waals surface area contributed by atoms with Crippen molar-refractivity contribution in [1.82, 2.24) is 4.90 Å². The van der Waals surface area contributed by atoms with Crippen LogP contribution in [0, 0.1) is 5.82 Å². The highest BCUT2D eigenvalue weighted by molar-refractivity contribution is 6.33. The van der Waals surface area contributed by atoms with E-state index in [0.29, 0.717) is 13.1 Å². The van der Waals surface area contributed by atoms with Crippen LogP contribution in [0.1, 0.15) is 45.0 Å². The van der Waals surface area contributed by atoms with Gasteiger partial charge in [0.1, 0.15) is 5.82 Å². The van der Waals surface area contributed by atoms with Crippen molar-refractivity contribution in [3.05, 3.63) is 70.0 Å². The number of amides is 1. The molecule has 0 aliphatic carbocycles. The highest BCUT2D eigenvalue weighted by Gasteiger charge is 2.28. The monoisotopic (exact) mass is 361 g/mol. The van der Waals surface area contributed by atoms with Gasteiger partial charge in [0.05, 0.1) is 16.1 Å². The normalized spacial score (nSPS) is 17.4. The van der Waals surface area contributed by atoms with Gasteiger partial charge in [0, 0.05) is 19.0 Å². The van der Waals surface area contributed by atoms with E-state index in [1.165, 1.54) is 24.3 Å². The molecule has 0 aromatic heterocycles. The Balaban J connectivity index is 1.83. The Morgan fingerprint density at radius 2 is 1.96 bits per heavy atom. The minimum atomic E-state index is -0.983. The van der Waals surface area contributed by atoms with Crippen LogP contribution >= 0.6 is 11.6 Å². The second-order valence-electron chi connectivity index (χ2n) is 6.12. The van der Waals surface area contributed by atoms with Crippen LogP contribution in [0.3, 0.4) is 0 Å². The number of hydrogen-bond donors (Lipinski definition) is 1. The van der Waals surface area contributed by atoms with Gasteiger partial charge in [0.2, 0.25) is 0 Å². The molecule has 1 saturated heterocycles. The quantitative estimate of drug-likeness (QED) is 0.891. The minimum Gasteiger partial charge on any atom is -0.478 e. The largest absolute Gasteiger partial charge is 0.478 e. The van der Waals surface area contributed by atoms with Gasteiger partial charge in [-0.25, -0.2) is 9.18 Å². The van der Waals surface area contributed by atoms with Gasteiger partial charge >= 0.3 is 5.97 Å². The number of rotatable bonds is 3. The standard InChI is InChI=1S/C19H17ClFNO3/c20-15-7-2-8-16(21)17(15)18(23)22-9-3-6-14(11-22)12-4-1-5-13(10-12)19(24)25/h1-2,4-5,7-8,10,14H,3,6,9,11H2,(H,24,25). The molecule has 130 valence electrons. The molecule has 4 nitrogen and oxygen atoms in total. The summed E-state index contributed by atoms with van der Waals surface area (Å²) in [5.41, 5.74) is 0.985. The van der Waals surface area contributed by atoms with Crippen molar-refractivity contribution in [1.29, 1.82) is 0 Å². The van der Waals surface area contributed by atoms with Gasteiger partial charge < -0.3 is 10.0 Å². The summed E-state index contributed by atoms with van der Waals surface area (Å²) in [6.07, 6.45) is 1.61. The first-order valence-electron chi connectivity index (χ1n) is 8.04. The third-order valence-corrected chi connectivity index (χ3v) is 4.81. The summed E-state index contributed by atoms with van der Waals surface area (Å²) >= 11 is 6.00. The minimum absolute atomic E-state index is 0.0162. The van der Waals surface area contributed by atoms with Gasteiger partial charge in [-0.2, -0.15) is 0 Å². The molecule has 0 saturated carbocycles. The number of likely N-dealkylation sites (tertiary alicyclic amines) is 1. The first-order valence-corrected chi connectivity index (χ1v) is 8.41. The van der Waals surface area contributed by atoms with E-state index >= 15 is 0 Å². The van der Waals surface area contributed by atoms with E-state index in [-0.39, 0.29) is 22.1 Å². The molecule has 1 heterocycles. The molecule has 3 rings (SSSR count). The molecule has 1 aliphatic heterocycles. The van der Waals surface area contributed by atoms with Crippen LogP contribution in [0.15, 0.2) is 42.5 Å². The van der Waals surface area contributed by atoms with Crippen molar-refractivity contribution < 1.29 is 19.1 Å². The highest BCUT2D eigenvalue weighted by atomic mass is 35.5. The van der Waals surface area contributed by atoms with Gasteiger partial charge in [-0.05, 0) is 42.7 Å². The van der Waals surface area contributed by atoms with E-state index in [9.17, 15) is 14.0 Å². The lowest BCUT2D eigenvalue weighted by atomic mass is 9.89. The van der Waals surface area contributed by atoms with Crippen molar-refractivity contribution in [3.8, 4) is 0 Å². The molecular weight excluding hydrogens is 345 g/mol. The molecule has 2 aromatic rings.